The summed E-state index contributed by atoms with van der Waals surface area (Å²) in [5.74, 6) is 3.39. The second-order valence-electron chi connectivity index (χ2n) is 7.64. The highest BCUT2D eigenvalue weighted by Crippen LogP contribution is 2.47. The minimum Gasteiger partial charge on any atom is -0.351 e. The maximum atomic E-state index is 8.75. The molecule has 2 unspecified atom stereocenters. The van der Waals surface area contributed by atoms with Crippen LogP contribution in [0.3, 0.4) is 0 Å². The highest BCUT2D eigenvalue weighted by atomic mass is 15.3. The van der Waals surface area contributed by atoms with E-state index >= 15 is 0 Å². The van der Waals surface area contributed by atoms with Crippen molar-refractivity contribution in [1.82, 2.24) is 25.1 Å². The lowest BCUT2D eigenvalue weighted by Crippen LogP contribution is -2.29. The lowest BCUT2D eigenvalue weighted by molar-refractivity contribution is 0.307. The predicted octanol–water partition coefficient (Wildman–Crippen LogP) is 2.66. The van der Waals surface area contributed by atoms with Crippen molar-refractivity contribution in [3.63, 3.8) is 0 Å². The molecular weight excluding hydrogens is 352 g/mol. The van der Waals surface area contributed by atoms with Crippen molar-refractivity contribution in [2.24, 2.45) is 11.8 Å². The number of nitrogens with zero attached hydrogens (tertiary/aromatic N) is 5. The molecule has 5 rings (SSSR count). The van der Waals surface area contributed by atoms with Gasteiger partial charge >= 0.3 is 0 Å². The third-order valence-electron chi connectivity index (χ3n) is 5.66. The van der Waals surface area contributed by atoms with E-state index in [2.05, 4.69) is 31.8 Å². The van der Waals surface area contributed by atoms with Gasteiger partial charge in [-0.15, -0.1) is 0 Å². The molecule has 0 radical (unpaired) electrons. The predicted molar refractivity (Wildman–Crippen MR) is 107 cm³/mol. The third kappa shape index (κ3) is 3.14. The van der Waals surface area contributed by atoms with Crippen molar-refractivity contribution < 1.29 is 0 Å². The third-order valence-corrected chi connectivity index (χ3v) is 5.66. The van der Waals surface area contributed by atoms with Crippen molar-refractivity contribution in [3.8, 4) is 6.07 Å². The number of likely N-dealkylation sites (tertiary alicyclic amines) is 1. The minimum atomic E-state index is 0.417. The summed E-state index contributed by atoms with van der Waals surface area (Å²) in [5, 5.41) is 23.8. The summed E-state index contributed by atoms with van der Waals surface area (Å²) in [4.78, 5) is 11.8. The quantitative estimate of drug-likeness (QED) is 0.609. The Kier molecular flexibility index (Phi) is 4.10. The second-order valence-corrected chi connectivity index (χ2v) is 7.64. The number of aryl methyl sites for hydroxylation is 1. The first-order valence-electron chi connectivity index (χ1n) is 9.63. The number of benzene rings is 1. The van der Waals surface area contributed by atoms with Crippen LogP contribution < -0.4 is 10.6 Å². The van der Waals surface area contributed by atoms with Gasteiger partial charge < -0.3 is 15.5 Å². The summed E-state index contributed by atoms with van der Waals surface area (Å²) < 4.78 is 0. The minimum absolute atomic E-state index is 0.417. The Balaban J connectivity index is 1.34. The Bertz CT molecular complexity index is 1040. The molecule has 0 spiro atoms. The van der Waals surface area contributed by atoms with Crippen molar-refractivity contribution >= 4 is 28.5 Å². The van der Waals surface area contributed by atoms with Gasteiger partial charge in [0, 0.05) is 49.2 Å². The van der Waals surface area contributed by atoms with Gasteiger partial charge in [0.2, 0.25) is 5.95 Å². The van der Waals surface area contributed by atoms with Gasteiger partial charge in [0.15, 0.2) is 5.82 Å². The first-order chi connectivity index (χ1) is 13.7. The summed E-state index contributed by atoms with van der Waals surface area (Å²) in [6, 6.07) is 12.6. The summed E-state index contributed by atoms with van der Waals surface area (Å²) >= 11 is 0. The van der Waals surface area contributed by atoms with Gasteiger partial charge in [-0.2, -0.15) is 15.3 Å². The largest absolute Gasteiger partial charge is 0.351 e. The number of piperidine rings is 1. The number of fused-ring (bicyclic) bond motifs is 2. The Hall–Kier alpha value is -3.18. The van der Waals surface area contributed by atoms with E-state index in [1.54, 1.807) is 0 Å². The van der Waals surface area contributed by atoms with E-state index in [0.717, 1.165) is 47.9 Å². The number of nitriles is 1. The van der Waals surface area contributed by atoms with Gasteiger partial charge in [-0.25, -0.2) is 4.98 Å². The molecule has 8 heteroatoms. The van der Waals surface area contributed by atoms with Gasteiger partial charge in [0.05, 0.1) is 11.6 Å². The summed E-state index contributed by atoms with van der Waals surface area (Å²) in [7, 11) is 0. The molecule has 3 aromatic rings. The summed E-state index contributed by atoms with van der Waals surface area (Å²) in [6.07, 6.45) is 0.604. The smallest absolute Gasteiger partial charge is 0.225 e. The van der Waals surface area contributed by atoms with Crippen molar-refractivity contribution in [3.05, 3.63) is 36.0 Å². The molecule has 28 heavy (non-hydrogen) atoms. The molecule has 1 aliphatic heterocycles. The molecule has 3 heterocycles. The fourth-order valence-corrected chi connectivity index (χ4v) is 4.21. The summed E-state index contributed by atoms with van der Waals surface area (Å²) in [6.45, 7) is 4.94. The monoisotopic (exact) mass is 374 g/mol. The van der Waals surface area contributed by atoms with E-state index in [-0.39, 0.29) is 0 Å². The number of hydrogen-bond acceptors (Lipinski definition) is 7. The van der Waals surface area contributed by atoms with Crippen molar-refractivity contribution in [2.45, 2.75) is 19.4 Å². The lowest BCUT2D eigenvalue weighted by atomic mass is 10.2. The highest BCUT2D eigenvalue weighted by Gasteiger charge is 2.55. The van der Waals surface area contributed by atoms with E-state index in [4.69, 9.17) is 15.2 Å². The second kappa shape index (κ2) is 6.77. The average Bonchev–Trinajstić information content (AvgIpc) is 3.02. The Morgan fingerprint density at radius 3 is 2.82 bits per heavy atom. The summed E-state index contributed by atoms with van der Waals surface area (Å²) in [5.41, 5.74) is 1.89. The van der Waals surface area contributed by atoms with Crippen LogP contribution in [0.4, 0.5) is 17.6 Å². The number of rotatable bonds is 6. The van der Waals surface area contributed by atoms with Gasteiger partial charge in [-0.05, 0) is 30.9 Å². The molecule has 1 aromatic carbocycles. The number of para-hydroxylation sites is 1. The molecule has 0 bridgehead atoms. The van der Waals surface area contributed by atoms with E-state index < -0.39 is 0 Å². The van der Waals surface area contributed by atoms with Gasteiger partial charge in [0.1, 0.15) is 5.82 Å². The van der Waals surface area contributed by atoms with E-state index in [0.29, 0.717) is 30.2 Å². The highest BCUT2D eigenvalue weighted by molar-refractivity contribution is 5.91. The van der Waals surface area contributed by atoms with E-state index in [1.807, 2.05) is 37.3 Å². The Morgan fingerprint density at radius 1 is 1.25 bits per heavy atom. The van der Waals surface area contributed by atoms with Crippen LogP contribution in [-0.4, -0.2) is 50.7 Å². The van der Waals surface area contributed by atoms with E-state index in [9.17, 15) is 0 Å². The zero-order valence-electron chi connectivity index (χ0n) is 15.7. The van der Waals surface area contributed by atoms with Crippen LogP contribution in [0.15, 0.2) is 30.3 Å². The van der Waals surface area contributed by atoms with Crippen LogP contribution in [0.2, 0.25) is 0 Å². The number of aromatic nitrogens is 4. The van der Waals surface area contributed by atoms with Crippen LogP contribution in [-0.2, 0) is 0 Å². The van der Waals surface area contributed by atoms with Gasteiger partial charge in [-0.1, -0.05) is 12.1 Å². The average molecular weight is 374 g/mol. The zero-order chi connectivity index (χ0) is 19.1. The van der Waals surface area contributed by atoms with Crippen LogP contribution in [0.25, 0.3) is 10.9 Å². The molecular formula is C20H22N8. The SMILES string of the molecule is Cc1cc(Nc2nc(NC3C4CN(CCC#N)CC43)nc3ccccc23)n[nH]1. The zero-order valence-corrected chi connectivity index (χ0v) is 15.7. The Morgan fingerprint density at radius 2 is 2.07 bits per heavy atom. The fourth-order valence-electron chi connectivity index (χ4n) is 4.21. The first kappa shape index (κ1) is 17.0. The van der Waals surface area contributed by atoms with Crippen LogP contribution in [0, 0.1) is 30.1 Å². The number of anilines is 3. The molecule has 1 aliphatic carbocycles. The molecule has 3 N–H and O–H groups in total. The van der Waals surface area contributed by atoms with Crippen molar-refractivity contribution in [2.75, 3.05) is 30.3 Å². The molecule has 0 amide bonds. The maximum absolute atomic E-state index is 8.75. The molecule has 8 nitrogen and oxygen atoms in total. The molecule has 1 saturated carbocycles. The molecule has 142 valence electrons. The molecule has 1 saturated heterocycles. The molecule has 2 aliphatic rings. The van der Waals surface area contributed by atoms with Crippen LogP contribution in [0.1, 0.15) is 12.1 Å². The van der Waals surface area contributed by atoms with Gasteiger partial charge in [-0.3, -0.25) is 5.10 Å². The first-order valence-corrected chi connectivity index (χ1v) is 9.63. The number of aromatic amines is 1. The molecule has 2 fully saturated rings. The molecule has 2 aromatic heterocycles. The van der Waals surface area contributed by atoms with Crippen LogP contribution >= 0.6 is 0 Å². The fraction of sp³-hybridized carbons (Fsp3) is 0.400. The topological polar surface area (TPSA) is 106 Å². The normalized spacial score (nSPS) is 23.4. The lowest BCUT2D eigenvalue weighted by Gasteiger charge is -2.18. The van der Waals surface area contributed by atoms with E-state index in [1.165, 1.54) is 0 Å². The Labute approximate surface area is 163 Å². The number of nitrogens with one attached hydrogen (secondary N) is 3. The molecule has 2 atom stereocenters. The van der Waals surface area contributed by atoms with Gasteiger partial charge in [0.25, 0.3) is 0 Å². The maximum Gasteiger partial charge on any atom is 0.225 e. The number of hydrogen-bond donors (Lipinski definition) is 3. The number of H-pyrrole nitrogens is 1. The van der Waals surface area contributed by atoms with Crippen molar-refractivity contribution in [1.29, 1.82) is 5.26 Å². The van der Waals surface area contributed by atoms with Crippen LogP contribution in [0.5, 0.6) is 0 Å². The standard InChI is InChI=1S/C20H22N8/c1-12-9-17(27-26-12)23-19-13-5-2-3-6-16(13)22-20(25-19)24-18-14-10-28(8-4-7-21)11-15(14)18/h2-3,5-6,9,14-15,18H,4,8,10-11H2,1H3,(H3,22,23,24,25,26,27).